The lowest BCUT2D eigenvalue weighted by atomic mass is 10.2. The van der Waals surface area contributed by atoms with Gasteiger partial charge in [0.2, 0.25) is 0 Å². The van der Waals surface area contributed by atoms with Crippen LogP contribution in [0.1, 0.15) is 0 Å². The van der Waals surface area contributed by atoms with Gasteiger partial charge < -0.3 is 19.2 Å². The molecule has 1 aromatic heterocycles. The Kier molecular flexibility index (Phi) is 6.17. The first-order valence-electron chi connectivity index (χ1n) is 8.63. The van der Waals surface area contributed by atoms with Crippen molar-refractivity contribution < 1.29 is 31.9 Å². The molecule has 30 heavy (non-hydrogen) atoms. The van der Waals surface area contributed by atoms with Crippen LogP contribution in [0.25, 0.3) is 11.0 Å². The monoisotopic (exact) mass is 431 g/mol. The summed E-state index contributed by atoms with van der Waals surface area (Å²) in [4.78, 5) is 35.0. The fourth-order valence-electron chi connectivity index (χ4n) is 2.44. The average Bonchev–Trinajstić information content (AvgIpc) is 2.70. The lowest BCUT2D eigenvalue weighted by molar-refractivity contribution is -0.149. The smallest absolute Gasteiger partial charge is 0.344 e. The van der Waals surface area contributed by atoms with Crippen molar-refractivity contribution in [2.75, 3.05) is 24.8 Å². The van der Waals surface area contributed by atoms with Gasteiger partial charge in [0.25, 0.3) is 5.91 Å². The second-order valence-corrected chi connectivity index (χ2v) is 8.26. The quantitative estimate of drug-likeness (QED) is 0.443. The van der Waals surface area contributed by atoms with Gasteiger partial charge in [-0.25, -0.2) is 18.0 Å². The van der Waals surface area contributed by atoms with Crippen molar-refractivity contribution in [3.05, 3.63) is 65.0 Å². The number of carbonyl (C=O) groups is 2. The number of amides is 1. The topological polar surface area (TPSA) is 129 Å². The van der Waals surface area contributed by atoms with Crippen molar-refractivity contribution in [2.24, 2.45) is 0 Å². The van der Waals surface area contributed by atoms with E-state index in [0.29, 0.717) is 22.4 Å². The van der Waals surface area contributed by atoms with Crippen LogP contribution in [0.2, 0.25) is 0 Å². The molecule has 2 aromatic carbocycles. The van der Waals surface area contributed by atoms with E-state index >= 15 is 0 Å². The van der Waals surface area contributed by atoms with E-state index in [4.69, 9.17) is 13.9 Å². The molecule has 1 N–H and O–H groups in total. The molecule has 0 fully saturated rings. The molecule has 0 atom stereocenters. The number of sulfone groups is 1. The highest BCUT2D eigenvalue weighted by Gasteiger charge is 2.11. The Morgan fingerprint density at radius 1 is 1.00 bits per heavy atom. The van der Waals surface area contributed by atoms with Gasteiger partial charge in [0.15, 0.2) is 23.1 Å². The molecule has 0 aliphatic rings. The van der Waals surface area contributed by atoms with Gasteiger partial charge in [-0.1, -0.05) is 0 Å². The van der Waals surface area contributed by atoms with E-state index in [9.17, 15) is 22.8 Å². The van der Waals surface area contributed by atoms with Gasteiger partial charge in [0.05, 0.1) is 4.90 Å². The summed E-state index contributed by atoms with van der Waals surface area (Å²) in [7, 11) is -3.33. The lowest BCUT2D eigenvalue weighted by Crippen LogP contribution is -2.23. The number of anilines is 1. The molecular formula is C20H17NO8S. The molecule has 0 aliphatic carbocycles. The zero-order valence-corrected chi connectivity index (χ0v) is 16.6. The van der Waals surface area contributed by atoms with Crippen LogP contribution in [0.4, 0.5) is 5.69 Å². The van der Waals surface area contributed by atoms with Crippen LogP contribution in [0.5, 0.6) is 5.75 Å². The molecule has 9 nitrogen and oxygen atoms in total. The standard InChI is InChI=1S/C20H17NO8S/c1-30(25,26)16-7-4-14(5-8-16)21-18(22)11-28-20(24)12-27-15-6-2-13-3-9-19(23)29-17(13)10-15/h2-10H,11-12H2,1H3,(H,21,22). The Bertz CT molecular complexity index is 1250. The first-order chi connectivity index (χ1) is 14.2. The van der Waals surface area contributed by atoms with E-state index in [2.05, 4.69) is 5.32 Å². The van der Waals surface area contributed by atoms with Crippen molar-refractivity contribution in [1.82, 2.24) is 0 Å². The molecule has 0 bridgehead atoms. The minimum atomic E-state index is -3.33. The van der Waals surface area contributed by atoms with E-state index in [1.54, 1.807) is 18.2 Å². The summed E-state index contributed by atoms with van der Waals surface area (Å²) in [6, 6.07) is 13.2. The Balaban J connectivity index is 1.47. The van der Waals surface area contributed by atoms with E-state index < -0.39 is 40.6 Å². The second kappa shape index (κ2) is 8.78. The van der Waals surface area contributed by atoms with Crippen molar-refractivity contribution in [3.8, 4) is 5.75 Å². The molecule has 0 spiro atoms. The second-order valence-electron chi connectivity index (χ2n) is 6.25. The Hall–Kier alpha value is -3.66. The molecule has 3 rings (SSSR count). The van der Waals surface area contributed by atoms with Gasteiger partial charge in [-0.15, -0.1) is 0 Å². The average molecular weight is 431 g/mol. The Morgan fingerprint density at radius 3 is 2.40 bits per heavy atom. The molecular weight excluding hydrogens is 414 g/mol. The number of nitrogens with one attached hydrogen (secondary N) is 1. The molecule has 3 aromatic rings. The number of fused-ring (bicyclic) bond motifs is 1. The van der Waals surface area contributed by atoms with E-state index in [1.165, 1.54) is 36.4 Å². The van der Waals surface area contributed by atoms with E-state index in [0.717, 1.165) is 6.26 Å². The third-order valence-electron chi connectivity index (χ3n) is 3.88. The summed E-state index contributed by atoms with van der Waals surface area (Å²) in [5.41, 5.74) is 0.169. The molecule has 0 saturated heterocycles. The van der Waals surface area contributed by atoms with Gasteiger partial charge in [0.1, 0.15) is 11.3 Å². The lowest BCUT2D eigenvalue weighted by Gasteiger charge is -2.08. The molecule has 0 aliphatic heterocycles. The van der Waals surface area contributed by atoms with Gasteiger partial charge in [-0.05, 0) is 42.5 Å². The number of hydrogen-bond acceptors (Lipinski definition) is 8. The predicted molar refractivity (Wildman–Crippen MR) is 107 cm³/mol. The molecule has 0 radical (unpaired) electrons. The predicted octanol–water partition coefficient (Wildman–Crippen LogP) is 1.76. The van der Waals surface area contributed by atoms with Crippen LogP contribution >= 0.6 is 0 Å². The minimum Gasteiger partial charge on any atom is -0.482 e. The third-order valence-corrected chi connectivity index (χ3v) is 5.01. The fourth-order valence-corrected chi connectivity index (χ4v) is 3.07. The summed E-state index contributed by atoms with van der Waals surface area (Å²) in [6.07, 6.45) is 1.08. The van der Waals surface area contributed by atoms with Gasteiger partial charge in [0, 0.05) is 29.5 Å². The maximum absolute atomic E-state index is 11.9. The Morgan fingerprint density at radius 2 is 1.70 bits per heavy atom. The molecule has 1 amide bonds. The highest BCUT2D eigenvalue weighted by molar-refractivity contribution is 7.90. The zero-order chi connectivity index (χ0) is 21.7. The minimum absolute atomic E-state index is 0.122. The number of hydrogen-bond donors (Lipinski definition) is 1. The van der Waals surface area contributed by atoms with Crippen molar-refractivity contribution in [3.63, 3.8) is 0 Å². The summed E-state index contributed by atoms with van der Waals surface area (Å²) >= 11 is 0. The highest BCUT2D eigenvalue weighted by Crippen LogP contribution is 2.19. The molecule has 156 valence electrons. The first-order valence-corrected chi connectivity index (χ1v) is 10.5. The maximum atomic E-state index is 11.9. The summed E-state index contributed by atoms with van der Waals surface area (Å²) in [5, 5.41) is 3.18. The van der Waals surface area contributed by atoms with E-state index in [1.807, 2.05) is 0 Å². The van der Waals surface area contributed by atoms with Crippen molar-refractivity contribution >= 4 is 38.4 Å². The van der Waals surface area contributed by atoms with Crippen LogP contribution in [0.3, 0.4) is 0 Å². The fraction of sp³-hybridized carbons (Fsp3) is 0.150. The number of rotatable bonds is 7. The molecule has 1 heterocycles. The van der Waals surface area contributed by atoms with Crippen LogP contribution in [-0.2, 0) is 24.2 Å². The highest BCUT2D eigenvalue weighted by atomic mass is 32.2. The van der Waals surface area contributed by atoms with Crippen molar-refractivity contribution in [1.29, 1.82) is 0 Å². The van der Waals surface area contributed by atoms with Crippen molar-refractivity contribution in [2.45, 2.75) is 4.90 Å². The molecule has 10 heteroatoms. The molecule has 0 saturated carbocycles. The Labute approximate surface area is 171 Å². The maximum Gasteiger partial charge on any atom is 0.344 e. The SMILES string of the molecule is CS(=O)(=O)c1ccc(NC(=O)COC(=O)COc2ccc3ccc(=O)oc3c2)cc1. The first kappa shape index (κ1) is 21.1. The van der Waals surface area contributed by atoms with Gasteiger partial charge >= 0.3 is 11.6 Å². The van der Waals surface area contributed by atoms with Crippen LogP contribution < -0.4 is 15.7 Å². The van der Waals surface area contributed by atoms with E-state index in [-0.39, 0.29) is 4.90 Å². The number of ether oxygens (including phenoxy) is 2. The summed E-state index contributed by atoms with van der Waals surface area (Å²) < 4.78 is 38.0. The van der Waals surface area contributed by atoms with Crippen LogP contribution in [0.15, 0.2) is 68.7 Å². The van der Waals surface area contributed by atoms with Gasteiger partial charge in [-0.2, -0.15) is 0 Å². The van der Waals surface area contributed by atoms with Crippen LogP contribution in [0, 0.1) is 0 Å². The van der Waals surface area contributed by atoms with Crippen LogP contribution in [-0.4, -0.2) is 39.8 Å². The molecule has 0 unspecified atom stereocenters. The summed E-state index contributed by atoms with van der Waals surface area (Å²) in [6.45, 7) is -0.985. The number of carbonyl (C=O) groups excluding carboxylic acids is 2. The normalized spacial score (nSPS) is 11.1. The summed E-state index contributed by atoms with van der Waals surface area (Å²) in [5.74, 6) is -1.07. The number of benzene rings is 2. The third kappa shape index (κ3) is 5.67. The largest absolute Gasteiger partial charge is 0.482 e. The number of esters is 1. The van der Waals surface area contributed by atoms with Gasteiger partial charge in [-0.3, -0.25) is 4.79 Å². The zero-order valence-electron chi connectivity index (χ0n) is 15.8.